The van der Waals surface area contributed by atoms with Gasteiger partial charge in [-0.05, 0) is 27.1 Å². The van der Waals surface area contributed by atoms with E-state index in [0.29, 0.717) is 6.61 Å². The van der Waals surface area contributed by atoms with Gasteiger partial charge in [0.2, 0.25) is 0 Å². The molecule has 84 valence electrons. The lowest BCUT2D eigenvalue weighted by atomic mass is 10.1. The Labute approximate surface area is 91.8 Å². The fourth-order valence-electron chi connectivity index (χ4n) is 1.33. The van der Waals surface area contributed by atoms with E-state index < -0.39 is 0 Å². The second-order valence-corrected chi connectivity index (χ2v) is 3.98. The fraction of sp³-hybridized carbons (Fsp3) is 0.500. The van der Waals surface area contributed by atoms with Crippen LogP contribution in [0.4, 0.5) is 0 Å². The summed E-state index contributed by atoms with van der Waals surface area (Å²) in [6, 6.07) is 7.94. The quantitative estimate of drug-likeness (QED) is 0.799. The molecule has 0 unspecified atom stereocenters. The van der Waals surface area contributed by atoms with Gasteiger partial charge in [0, 0.05) is 18.2 Å². The monoisotopic (exact) mass is 208 g/mol. The molecule has 1 aromatic carbocycles. The van der Waals surface area contributed by atoms with Crippen LogP contribution in [0.3, 0.4) is 0 Å². The Kier molecular flexibility index (Phi) is 4.59. The number of ether oxygens (including phenoxy) is 1. The number of nitrogens with two attached hydrogens (primary N) is 1. The molecule has 0 aliphatic heterocycles. The van der Waals surface area contributed by atoms with E-state index >= 15 is 0 Å². The number of rotatable bonds is 5. The van der Waals surface area contributed by atoms with Crippen LogP contribution in [0.15, 0.2) is 24.3 Å². The van der Waals surface area contributed by atoms with Crippen molar-refractivity contribution in [3.8, 4) is 5.75 Å². The second kappa shape index (κ2) is 5.73. The van der Waals surface area contributed by atoms with E-state index in [1.54, 1.807) is 0 Å². The maximum absolute atomic E-state index is 5.86. The van der Waals surface area contributed by atoms with E-state index in [9.17, 15) is 0 Å². The van der Waals surface area contributed by atoms with Gasteiger partial charge in [-0.3, -0.25) is 0 Å². The van der Waals surface area contributed by atoms with Crippen LogP contribution in [0.1, 0.15) is 18.5 Å². The first-order chi connectivity index (χ1) is 7.11. The van der Waals surface area contributed by atoms with Gasteiger partial charge in [-0.15, -0.1) is 0 Å². The number of hydrogen-bond donors (Lipinski definition) is 1. The summed E-state index contributed by atoms with van der Waals surface area (Å²) in [5.74, 6) is 0.898. The van der Waals surface area contributed by atoms with E-state index in [-0.39, 0.29) is 6.04 Å². The molecule has 0 saturated heterocycles. The molecule has 0 spiro atoms. The fourth-order valence-corrected chi connectivity index (χ4v) is 1.33. The summed E-state index contributed by atoms with van der Waals surface area (Å²) in [7, 11) is 4.06. The Morgan fingerprint density at radius 2 is 2.00 bits per heavy atom. The van der Waals surface area contributed by atoms with Gasteiger partial charge >= 0.3 is 0 Å². The van der Waals surface area contributed by atoms with E-state index in [2.05, 4.69) is 4.90 Å². The van der Waals surface area contributed by atoms with Gasteiger partial charge in [0.1, 0.15) is 12.4 Å². The summed E-state index contributed by atoms with van der Waals surface area (Å²) in [6.45, 7) is 3.57. The van der Waals surface area contributed by atoms with Gasteiger partial charge in [0.25, 0.3) is 0 Å². The zero-order valence-electron chi connectivity index (χ0n) is 9.73. The molecule has 3 nitrogen and oxygen atoms in total. The number of hydrogen-bond acceptors (Lipinski definition) is 3. The number of likely N-dealkylation sites (N-methyl/N-ethyl adjacent to an activating group) is 1. The maximum Gasteiger partial charge on any atom is 0.124 e. The molecule has 1 rings (SSSR count). The summed E-state index contributed by atoms with van der Waals surface area (Å²) in [5, 5.41) is 0. The van der Waals surface area contributed by atoms with Crippen molar-refractivity contribution in [2.75, 3.05) is 27.2 Å². The standard InChI is InChI=1S/C12H20N2O/c1-10(13)11-6-4-5-7-12(11)15-9-8-14(2)3/h4-7,10H,8-9,13H2,1-3H3/t10-/m0/s1. The third-order valence-corrected chi connectivity index (χ3v) is 2.21. The molecule has 0 fully saturated rings. The molecule has 0 aromatic heterocycles. The third-order valence-electron chi connectivity index (χ3n) is 2.21. The number of para-hydroxylation sites is 1. The molecule has 3 heteroatoms. The first kappa shape index (κ1) is 12.0. The minimum Gasteiger partial charge on any atom is -0.492 e. The largest absolute Gasteiger partial charge is 0.492 e. The molecule has 0 aliphatic carbocycles. The van der Waals surface area contributed by atoms with Gasteiger partial charge in [-0.1, -0.05) is 18.2 Å². The highest BCUT2D eigenvalue weighted by molar-refractivity contribution is 5.35. The third kappa shape index (κ3) is 3.90. The minimum absolute atomic E-state index is 0.0144. The molecule has 15 heavy (non-hydrogen) atoms. The van der Waals surface area contributed by atoms with Gasteiger partial charge < -0.3 is 15.4 Å². The number of benzene rings is 1. The second-order valence-electron chi connectivity index (χ2n) is 3.98. The lowest BCUT2D eigenvalue weighted by Crippen LogP contribution is -2.20. The highest BCUT2D eigenvalue weighted by atomic mass is 16.5. The smallest absolute Gasteiger partial charge is 0.124 e. The zero-order chi connectivity index (χ0) is 11.3. The van der Waals surface area contributed by atoms with Crippen LogP contribution in [0.2, 0.25) is 0 Å². The normalized spacial score (nSPS) is 12.9. The highest BCUT2D eigenvalue weighted by Gasteiger charge is 2.06. The van der Waals surface area contributed by atoms with Crippen molar-refractivity contribution in [3.63, 3.8) is 0 Å². The van der Waals surface area contributed by atoms with Crippen molar-refractivity contribution in [1.29, 1.82) is 0 Å². The average molecular weight is 208 g/mol. The van der Waals surface area contributed by atoms with Crippen molar-refractivity contribution in [2.45, 2.75) is 13.0 Å². The summed E-state index contributed by atoms with van der Waals surface area (Å²) in [6.07, 6.45) is 0. The summed E-state index contributed by atoms with van der Waals surface area (Å²) < 4.78 is 5.69. The molecule has 1 atom stereocenters. The maximum atomic E-state index is 5.86. The SMILES string of the molecule is C[C@H](N)c1ccccc1OCCN(C)C. The van der Waals surface area contributed by atoms with E-state index in [0.717, 1.165) is 17.9 Å². The molecular formula is C12H20N2O. The van der Waals surface area contributed by atoms with Gasteiger partial charge in [0.15, 0.2) is 0 Å². The van der Waals surface area contributed by atoms with Crippen LogP contribution in [-0.2, 0) is 0 Å². The van der Waals surface area contributed by atoms with Gasteiger partial charge in [0.05, 0.1) is 0 Å². The molecule has 1 aromatic rings. The first-order valence-electron chi connectivity index (χ1n) is 5.23. The first-order valence-corrected chi connectivity index (χ1v) is 5.23. The Morgan fingerprint density at radius 1 is 1.33 bits per heavy atom. The molecule has 0 saturated carbocycles. The molecule has 0 heterocycles. The molecule has 0 amide bonds. The van der Waals surface area contributed by atoms with Crippen molar-refractivity contribution in [1.82, 2.24) is 4.90 Å². The zero-order valence-corrected chi connectivity index (χ0v) is 9.73. The van der Waals surface area contributed by atoms with E-state index in [4.69, 9.17) is 10.5 Å². The Hall–Kier alpha value is -1.06. The van der Waals surface area contributed by atoms with Crippen LogP contribution in [0.25, 0.3) is 0 Å². The Bertz CT molecular complexity index is 297. The Balaban J connectivity index is 2.59. The summed E-state index contributed by atoms with van der Waals surface area (Å²) in [5.41, 5.74) is 6.92. The number of nitrogens with zero attached hydrogens (tertiary/aromatic N) is 1. The predicted molar refractivity (Wildman–Crippen MR) is 63.1 cm³/mol. The van der Waals surface area contributed by atoms with Crippen LogP contribution in [0, 0.1) is 0 Å². The lowest BCUT2D eigenvalue weighted by Gasteiger charge is -2.15. The molecule has 0 bridgehead atoms. The van der Waals surface area contributed by atoms with E-state index in [1.165, 1.54) is 0 Å². The Morgan fingerprint density at radius 3 is 2.60 bits per heavy atom. The van der Waals surface area contributed by atoms with Crippen LogP contribution >= 0.6 is 0 Å². The summed E-state index contributed by atoms with van der Waals surface area (Å²) in [4.78, 5) is 2.09. The summed E-state index contributed by atoms with van der Waals surface area (Å²) >= 11 is 0. The van der Waals surface area contributed by atoms with Crippen molar-refractivity contribution in [2.24, 2.45) is 5.73 Å². The average Bonchev–Trinajstić information content (AvgIpc) is 2.17. The molecule has 0 radical (unpaired) electrons. The molecule has 2 N–H and O–H groups in total. The highest BCUT2D eigenvalue weighted by Crippen LogP contribution is 2.22. The molecular weight excluding hydrogens is 188 g/mol. The van der Waals surface area contributed by atoms with Gasteiger partial charge in [-0.25, -0.2) is 0 Å². The van der Waals surface area contributed by atoms with Crippen molar-refractivity contribution in [3.05, 3.63) is 29.8 Å². The predicted octanol–water partition coefficient (Wildman–Crippen LogP) is 1.65. The van der Waals surface area contributed by atoms with Crippen molar-refractivity contribution < 1.29 is 4.74 Å². The van der Waals surface area contributed by atoms with Crippen LogP contribution in [-0.4, -0.2) is 32.1 Å². The van der Waals surface area contributed by atoms with E-state index in [1.807, 2.05) is 45.3 Å². The van der Waals surface area contributed by atoms with Crippen molar-refractivity contribution >= 4 is 0 Å². The lowest BCUT2D eigenvalue weighted by molar-refractivity contribution is 0.259. The minimum atomic E-state index is 0.0144. The van der Waals surface area contributed by atoms with Gasteiger partial charge in [-0.2, -0.15) is 0 Å². The van der Waals surface area contributed by atoms with Crippen LogP contribution < -0.4 is 10.5 Å². The van der Waals surface area contributed by atoms with Crippen LogP contribution in [0.5, 0.6) is 5.75 Å². The topological polar surface area (TPSA) is 38.5 Å². The molecule has 0 aliphatic rings.